The SMILES string of the molecule is O=C(O)c1cccc(-c2ccccc2O)c1O. The fraction of sp³-hybridized carbons (Fsp3) is 0. The number of carboxylic acid groups (broad SMARTS) is 1. The highest BCUT2D eigenvalue weighted by Gasteiger charge is 2.15. The highest BCUT2D eigenvalue weighted by Crippen LogP contribution is 2.36. The van der Waals surface area contributed by atoms with Crippen molar-refractivity contribution in [2.75, 3.05) is 0 Å². The molecule has 0 unspecified atom stereocenters. The van der Waals surface area contributed by atoms with Crippen molar-refractivity contribution in [3.05, 3.63) is 48.0 Å². The molecule has 86 valence electrons. The van der Waals surface area contributed by atoms with Crippen LogP contribution in [-0.4, -0.2) is 21.3 Å². The maximum Gasteiger partial charge on any atom is 0.339 e. The first-order valence-electron chi connectivity index (χ1n) is 4.95. The van der Waals surface area contributed by atoms with Crippen LogP contribution in [0, 0.1) is 0 Å². The summed E-state index contributed by atoms with van der Waals surface area (Å²) >= 11 is 0. The van der Waals surface area contributed by atoms with Gasteiger partial charge in [-0.05, 0) is 12.1 Å². The molecule has 0 fully saturated rings. The summed E-state index contributed by atoms with van der Waals surface area (Å²) in [5, 5.41) is 28.4. The molecule has 4 nitrogen and oxygen atoms in total. The number of benzene rings is 2. The third-order valence-corrected chi connectivity index (χ3v) is 2.46. The van der Waals surface area contributed by atoms with E-state index in [1.54, 1.807) is 24.3 Å². The van der Waals surface area contributed by atoms with E-state index in [9.17, 15) is 15.0 Å². The molecule has 0 heterocycles. The predicted octanol–water partition coefficient (Wildman–Crippen LogP) is 2.46. The summed E-state index contributed by atoms with van der Waals surface area (Å²) in [7, 11) is 0. The molecule has 0 radical (unpaired) electrons. The van der Waals surface area contributed by atoms with Crippen molar-refractivity contribution in [3.63, 3.8) is 0 Å². The van der Waals surface area contributed by atoms with Gasteiger partial charge >= 0.3 is 5.97 Å². The van der Waals surface area contributed by atoms with E-state index in [4.69, 9.17) is 5.11 Å². The molecule has 0 spiro atoms. The third-order valence-electron chi connectivity index (χ3n) is 2.46. The zero-order valence-electron chi connectivity index (χ0n) is 8.79. The maximum absolute atomic E-state index is 10.9. The highest BCUT2D eigenvalue weighted by atomic mass is 16.4. The number of phenolic OH excluding ortho intramolecular Hbond substituents is 1. The molecule has 3 N–H and O–H groups in total. The summed E-state index contributed by atoms with van der Waals surface area (Å²) in [4.78, 5) is 10.9. The Bertz CT molecular complexity index is 575. The smallest absolute Gasteiger partial charge is 0.339 e. The lowest BCUT2D eigenvalue weighted by Gasteiger charge is -2.08. The van der Waals surface area contributed by atoms with Gasteiger partial charge in [-0.2, -0.15) is 0 Å². The molecule has 0 saturated carbocycles. The van der Waals surface area contributed by atoms with Crippen molar-refractivity contribution in [2.24, 2.45) is 0 Å². The number of phenols is 2. The van der Waals surface area contributed by atoms with Gasteiger partial charge in [0.2, 0.25) is 0 Å². The number of aromatic carboxylic acids is 1. The molecular formula is C13H10O4. The number of hydrogen-bond donors (Lipinski definition) is 3. The van der Waals surface area contributed by atoms with Crippen molar-refractivity contribution >= 4 is 5.97 Å². The maximum atomic E-state index is 10.9. The summed E-state index contributed by atoms with van der Waals surface area (Å²) in [5.74, 6) is -1.56. The second-order valence-electron chi connectivity index (χ2n) is 3.52. The summed E-state index contributed by atoms with van der Waals surface area (Å²) in [6, 6.07) is 10.8. The first-order valence-corrected chi connectivity index (χ1v) is 4.95. The average molecular weight is 230 g/mol. The Kier molecular flexibility index (Phi) is 2.70. The van der Waals surface area contributed by atoms with Gasteiger partial charge in [0, 0.05) is 11.1 Å². The Labute approximate surface area is 97.4 Å². The molecule has 0 aromatic heterocycles. The Morgan fingerprint density at radius 3 is 2.18 bits per heavy atom. The second kappa shape index (κ2) is 4.17. The van der Waals surface area contributed by atoms with Gasteiger partial charge in [-0.1, -0.05) is 30.3 Å². The normalized spacial score (nSPS) is 10.1. The van der Waals surface area contributed by atoms with Gasteiger partial charge in [0.05, 0.1) is 0 Å². The monoisotopic (exact) mass is 230 g/mol. The van der Waals surface area contributed by atoms with Crippen LogP contribution < -0.4 is 0 Å². The minimum atomic E-state index is -1.21. The van der Waals surface area contributed by atoms with Crippen molar-refractivity contribution in [2.45, 2.75) is 0 Å². The number of carboxylic acids is 1. The molecule has 0 bridgehead atoms. The van der Waals surface area contributed by atoms with Crippen LogP contribution in [0.25, 0.3) is 11.1 Å². The molecule has 2 aromatic carbocycles. The minimum absolute atomic E-state index is 0.00895. The van der Waals surface area contributed by atoms with Crippen LogP contribution >= 0.6 is 0 Å². The Morgan fingerprint density at radius 2 is 1.53 bits per heavy atom. The topological polar surface area (TPSA) is 77.8 Å². The van der Waals surface area contributed by atoms with Crippen LogP contribution in [0.15, 0.2) is 42.5 Å². The number of rotatable bonds is 2. The molecule has 4 heteroatoms. The van der Waals surface area contributed by atoms with Crippen LogP contribution in [0.1, 0.15) is 10.4 Å². The van der Waals surface area contributed by atoms with Gasteiger partial charge < -0.3 is 15.3 Å². The fourth-order valence-corrected chi connectivity index (χ4v) is 1.63. The second-order valence-corrected chi connectivity index (χ2v) is 3.52. The largest absolute Gasteiger partial charge is 0.507 e. The third kappa shape index (κ3) is 1.92. The Balaban J connectivity index is 2.65. The standard InChI is InChI=1S/C13H10O4/c14-11-7-2-1-4-8(11)9-5-3-6-10(12(9)15)13(16)17/h1-7,14-15H,(H,16,17). The van der Waals surface area contributed by atoms with Crippen LogP contribution in [0.2, 0.25) is 0 Å². The summed E-state index contributed by atoms with van der Waals surface area (Å²) in [5.41, 5.74) is 0.502. The Hall–Kier alpha value is -2.49. The van der Waals surface area contributed by atoms with Crippen molar-refractivity contribution in [1.29, 1.82) is 0 Å². The number of aromatic hydroxyl groups is 2. The van der Waals surface area contributed by atoms with Crippen LogP contribution in [-0.2, 0) is 0 Å². The molecule has 0 aliphatic carbocycles. The van der Waals surface area contributed by atoms with E-state index in [2.05, 4.69) is 0 Å². The number of hydrogen-bond acceptors (Lipinski definition) is 3. The van der Waals surface area contributed by atoms with Gasteiger partial charge in [-0.25, -0.2) is 4.79 Å². The van der Waals surface area contributed by atoms with E-state index in [0.717, 1.165) is 0 Å². The van der Waals surface area contributed by atoms with E-state index in [1.165, 1.54) is 18.2 Å². The van der Waals surface area contributed by atoms with Crippen molar-refractivity contribution in [1.82, 2.24) is 0 Å². The average Bonchev–Trinajstić information content (AvgIpc) is 2.30. The van der Waals surface area contributed by atoms with E-state index < -0.39 is 5.97 Å². The van der Waals surface area contributed by atoms with E-state index in [-0.39, 0.29) is 17.1 Å². The van der Waals surface area contributed by atoms with Gasteiger partial charge in [0.25, 0.3) is 0 Å². The van der Waals surface area contributed by atoms with Crippen molar-refractivity contribution < 1.29 is 20.1 Å². The molecule has 0 atom stereocenters. The molecule has 17 heavy (non-hydrogen) atoms. The lowest BCUT2D eigenvalue weighted by molar-refractivity contribution is 0.0694. The molecule has 0 aliphatic heterocycles. The molecule has 2 aromatic rings. The molecule has 0 amide bonds. The first-order chi connectivity index (χ1) is 8.11. The van der Waals surface area contributed by atoms with E-state index in [0.29, 0.717) is 11.1 Å². The fourth-order valence-electron chi connectivity index (χ4n) is 1.63. The molecule has 2 rings (SSSR count). The predicted molar refractivity (Wildman–Crippen MR) is 62.2 cm³/mol. The number of para-hydroxylation sites is 2. The lowest BCUT2D eigenvalue weighted by atomic mass is 10.0. The van der Waals surface area contributed by atoms with Gasteiger partial charge in [0.15, 0.2) is 0 Å². The van der Waals surface area contributed by atoms with Crippen LogP contribution in [0.5, 0.6) is 11.5 Å². The quantitative estimate of drug-likeness (QED) is 0.740. The lowest BCUT2D eigenvalue weighted by Crippen LogP contribution is -1.97. The molecule has 0 aliphatic rings. The van der Waals surface area contributed by atoms with Crippen LogP contribution in [0.3, 0.4) is 0 Å². The highest BCUT2D eigenvalue weighted by molar-refractivity contribution is 5.94. The number of carbonyl (C=O) groups is 1. The zero-order valence-corrected chi connectivity index (χ0v) is 8.79. The minimum Gasteiger partial charge on any atom is -0.507 e. The molecular weight excluding hydrogens is 220 g/mol. The summed E-state index contributed by atoms with van der Waals surface area (Å²) < 4.78 is 0. The van der Waals surface area contributed by atoms with Crippen LogP contribution in [0.4, 0.5) is 0 Å². The summed E-state index contributed by atoms with van der Waals surface area (Å²) in [6.45, 7) is 0. The zero-order chi connectivity index (χ0) is 12.4. The Morgan fingerprint density at radius 1 is 0.882 bits per heavy atom. The van der Waals surface area contributed by atoms with Gasteiger partial charge in [-0.15, -0.1) is 0 Å². The van der Waals surface area contributed by atoms with Gasteiger partial charge in [0.1, 0.15) is 17.1 Å². The molecule has 0 saturated heterocycles. The van der Waals surface area contributed by atoms with E-state index in [1.807, 2.05) is 0 Å². The first kappa shape index (κ1) is 11.0. The van der Waals surface area contributed by atoms with Crippen molar-refractivity contribution in [3.8, 4) is 22.6 Å². The summed E-state index contributed by atoms with van der Waals surface area (Å²) in [6.07, 6.45) is 0. The van der Waals surface area contributed by atoms with E-state index >= 15 is 0 Å². The van der Waals surface area contributed by atoms with Gasteiger partial charge in [-0.3, -0.25) is 0 Å².